The van der Waals surface area contributed by atoms with Crippen LogP contribution in [0.1, 0.15) is 21.5 Å². The van der Waals surface area contributed by atoms with Crippen LogP contribution in [0.3, 0.4) is 0 Å². The summed E-state index contributed by atoms with van der Waals surface area (Å²) in [5.41, 5.74) is 2.58. The van der Waals surface area contributed by atoms with Crippen LogP contribution in [-0.2, 0) is 10.1 Å². The number of carbonyl (C=O) groups is 1. The Bertz CT molecular complexity index is 1020. The van der Waals surface area contributed by atoms with E-state index in [2.05, 4.69) is 5.32 Å². The first kappa shape index (κ1) is 18.2. The molecule has 3 rings (SSSR count). The first-order valence-electron chi connectivity index (χ1n) is 7.80. The monoisotopic (exact) mass is 387 g/mol. The van der Waals surface area contributed by atoms with E-state index in [4.69, 9.17) is 4.18 Å². The molecular weight excluding hydrogens is 370 g/mol. The van der Waals surface area contributed by atoms with Gasteiger partial charge in [-0.3, -0.25) is 4.79 Å². The number of amides is 1. The number of anilines is 1. The minimum atomic E-state index is -3.94. The molecule has 0 saturated carbocycles. The largest absolute Gasteiger partial charge is 0.379 e. The first-order valence-corrected chi connectivity index (χ1v) is 10.2. The molecule has 0 radical (unpaired) electrons. The maximum Gasteiger partial charge on any atom is 0.339 e. The molecule has 1 heterocycles. The molecule has 0 bridgehead atoms. The zero-order valence-corrected chi connectivity index (χ0v) is 15.9. The van der Waals surface area contributed by atoms with Crippen LogP contribution < -0.4 is 9.50 Å². The quantitative estimate of drug-likeness (QED) is 0.659. The molecule has 1 amide bonds. The van der Waals surface area contributed by atoms with Crippen molar-refractivity contribution in [2.75, 3.05) is 5.32 Å². The average molecular weight is 387 g/mol. The molecule has 5 nitrogen and oxygen atoms in total. The van der Waals surface area contributed by atoms with Crippen LogP contribution in [0.15, 0.2) is 64.2 Å². The molecule has 1 aromatic heterocycles. The lowest BCUT2D eigenvalue weighted by Crippen LogP contribution is -2.13. The summed E-state index contributed by atoms with van der Waals surface area (Å²) in [5, 5.41) is 6.45. The first-order chi connectivity index (χ1) is 12.3. The molecule has 3 aromatic rings. The molecule has 134 valence electrons. The van der Waals surface area contributed by atoms with Crippen molar-refractivity contribution in [1.82, 2.24) is 0 Å². The van der Waals surface area contributed by atoms with Crippen LogP contribution in [0, 0.1) is 13.8 Å². The van der Waals surface area contributed by atoms with E-state index in [1.54, 1.807) is 25.1 Å². The van der Waals surface area contributed by atoms with Crippen molar-refractivity contribution >= 4 is 33.0 Å². The molecule has 0 aliphatic rings. The summed E-state index contributed by atoms with van der Waals surface area (Å²) < 4.78 is 30.2. The molecule has 0 atom stereocenters. The lowest BCUT2D eigenvalue weighted by Gasteiger charge is -2.10. The summed E-state index contributed by atoms with van der Waals surface area (Å²) in [6.07, 6.45) is 0. The fraction of sp³-hybridized carbons (Fsp3) is 0.105. The number of nitrogens with one attached hydrogen (secondary N) is 1. The van der Waals surface area contributed by atoms with E-state index in [9.17, 15) is 13.2 Å². The zero-order valence-electron chi connectivity index (χ0n) is 14.2. The van der Waals surface area contributed by atoms with Crippen LogP contribution in [-0.4, -0.2) is 14.3 Å². The van der Waals surface area contributed by atoms with Crippen molar-refractivity contribution < 1.29 is 17.4 Å². The molecular formula is C19H17NO4S2. The van der Waals surface area contributed by atoms with Crippen molar-refractivity contribution in [3.8, 4) is 5.75 Å². The summed E-state index contributed by atoms with van der Waals surface area (Å²) in [7, 11) is -3.94. The second-order valence-corrected chi connectivity index (χ2v) is 8.09. The molecule has 0 aliphatic carbocycles. The fourth-order valence-corrected chi connectivity index (χ4v) is 4.18. The van der Waals surface area contributed by atoms with E-state index in [0.717, 1.165) is 11.3 Å². The molecule has 0 unspecified atom stereocenters. The molecule has 2 aromatic carbocycles. The Hall–Kier alpha value is -2.64. The topological polar surface area (TPSA) is 72.5 Å². The Labute approximate surface area is 156 Å². The smallest absolute Gasteiger partial charge is 0.339 e. The summed E-state index contributed by atoms with van der Waals surface area (Å²) >= 11 is 1.48. The van der Waals surface area contributed by atoms with Gasteiger partial charge in [0.25, 0.3) is 5.91 Å². The van der Waals surface area contributed by atoms with Gasteiger partial charge < -0.3 is 9.50 Å². The van der Waals surface area contributed by atoms with Crippen molar-refractivity contribution in [1.29, 1.82) is 0 Å². The lowest BCUT2D eigenvalue weighted by molar-refractivity contribution is 0.102. The Morgan fingerprint density at radius 1 is 1.04 bits per heavy atom. The predicted octanol–water partition coefficient (Wildman–Crippen LogP) is 4.38. The third-order valence-electron chi connectivity index (χ3n) is 3.71. The Morgan fingerprint density at radius 2 is 1.77 bits per heavy atom. The zero-order chi connectivity index (χ0) is 18.7. The number of hydrogen-bond donors (Lipinski definition) is 1. The van der Waals surface area contributed by atoms with Crippen LogP contribution in [0.25, 0.3) is 0 Å². The van der Waals surface area contributed by atoms with Crippen molar-refractivity contribution in [2.45, 2.75) is 18.7 Å². The van der Waals surface area contributed by atoms with Gasteiger partial charge in [-0.25, -0.2) is 0 Å². The van der Waals surface area contributed by atoms with E-state index in [0.29, 0.717) is 11.1 Å². The molecule has 0 fully saturated rings. The average Bonchev–Trinajstić information content (AvgIpc) is 3.10. The lowest BCUT2D eigenvalue weighted by atomic mass is 10.2. The number of carbonyl (C=O) groups excluding carboxylic acids is 1. The molecule has 0 aliphatic heterocycles. The van der Waals surface area contributed by atoms with Gasteiger partial charge in [0.05, 0.1) is 5.69 Å². The second kappa shape index (κ2) is 7.31. The van der Waals surface area contributed by atoms with Gasteiger partial charge in [0.15, 0.2) is 0 Å². The van der Waals surface area contributed by atoms with Crippen molar-refractivity contribution in [3.63, 3.8) is 0 Å². The number of benzene rings is 2. The van der Waals surface area contributed by atoms with Gasteiger partial charge in [-0.05, 0) is 66.8 Å². The SMILES string of the molecule is Cc1ccc(C)c(S(=O)(=O)Oc2ccc(C(=O)Nc3ccsc3)cc2)c1. The highest BCUT2D eigenvalue weighted by atomic mass is 32.2. The van der Waals surface area contributed by atoms with Crippen molar-refractivity contribution in [2.24, 2.45) is 0 Å². The maximum absolute atomic E-state index is 12.5. The molecule has 7 heteroatoms. The summed E-state index contributed by atoms with van der Waals surface area (Å²) in [6, 6.07) is 12.9. The summed E-state index contributed by atoms with van der Waals surface area (Å²) in [6.45, 7) is 3.53. The van der Waals surface area contributed by atoms with Crippen LogP contribution >= 0.6 is 11.3 Å². The minimum absolute atomic E-state index is 0.136. The highest BCUT2D eigenvalue weighted by Crippen LogP contribution is 2.23. The van der Waals surface area contributed by atoms with Crippen LogP contribution in [0.4, 0.5) is 5.69 Å². The number of rotatable bonds is 5. The predicted molar refractivity (Wildman–Crippen MR) is 102 cm³/mol. The number of aryl methyl sites for hydroxylation is 2. The van der Waals surface area contributed by atoms with Crippen LogP contribution in [0.5, 0.6) is 5.75 Å². The summed E-state index contributed by atoms with van der Waals surface area (Å²) in [5.74, 6) is -0.120. The van der Waals surface area contributed by atoms with E-state index in [-0.39, 0.29) is 16.6 Å². The van der Waals surface area contributed by atoms with Gasteiger partial charge in [-0.15, -0.1) is 0 Å². The third kappa shape index (κ3) is 4.12. The van der Waals surface area contributed by atoms with Gasteiger partial charge in [0, 0.05) is 10.9 Å². The van der Waals surface area contributed by atoms with Gasteiger partial charge in [-0.1, -0.05) is 12.1 Å². The highest BCUT2D eigenvalue weighted by Gasteiger charge is 2.19. The highest BCUT2D eigenvalue weighted by molar-refractivity contribution is 7.87. The Kier molecular flexibility index (Phi) is 5.11. The van der Waals surface area contributed by atoms with Crippen molar-refractivity contribution in [3.05, 3.63) is 76.0 Å². The van der Waals surface area contributed by atoms with Gasteiger partial charge >= 0.3 is 10.1 Å². The number of hydrogen-bond acceptors (Lipinski definition) is 5. The Balaban J connectivity index is 1.76. The fourth-order valence-electron chi connectivity index (χ4n) is 2.35. The Morgan fingerprint density at radius 3 is 2.42 bits per heavy atom. The third-order valence-corrected chi connectivity index (χ3v) is 5.79. The van der Waals surface area contributed by atoms with E-state index in [1.165, 1.54) is 35.6 Å². The molecule has 1 N–H and O–H groups in total. The minimum Gasteiger partial charge on any atom is -0.379 e. The van der Waals surface area contributed by atoms with Gasteiger partial charge in [0.1, 0.15) is 10.6 Å². The number of thiophene rings is 1. The normalized spacial score (nSPS) is 11.2. The van der Waals surface area contributed by atoms with Gasteiger partial charge in [-0.2, -0.15) is 19.8 Å². The second-order valence-electron chi connectivity index (χ2n) is 5.80. The summed E-state index contributed by atoms with van der Waals surface area (Å²) in [4.78, 5) is 12.3. The molecule has 0 saturated heterocycles. The van der Waals surface area contributed by atoms with E-state index in [1.807, 2.05) is 23.8 Å². The molecule has 26 heavy (non-hydrogen) atoms. The van der Waals surface area contributed by atoms with E-state index >= 15 is 0 Å². The van der Waals surface area contributed by atoms with Gasteiger partial charge in [0.2, 0.25) is 0 Å². The maximum atomic E-state index is 12.5. The van der Waals surface area contributed by atoms with E-state index < -0.39 is 10.1 Å². The molecule has 0 spiro atoms. The standard InChI is InChI=1S/C19H17NO4S2/c1-13-3-4-14(2)18(11-13)26(22,23)24-17-7-5-15(6-8-17)19(21)20-16-9-10-25-12-16/h3-12H,1-2H3,(H,20,21). The van der Waals surface area contributed by atoms with Crippen LogP contribution in [0.2, 0.25) is 0 Å².